The van der Waals surface area contributed by atoms with Crippen LogP contribution < -0.4 is 5.32 Å². The fourth-order valence-corrected chi connectivity index (χ4v) is 1.15. The normalized spacial score (nSPS) is 13.2. The van der Waals surface area contributed by atoms with Gasteiger partial charge in [0.05, 0.1) is 12.2 Å². The summed E-state index contributed by atoms with van der Waals surface area (Å²) in [7, 11) is 0. The molecule has 1 amide bonds. The lowest BCUT2D eigenvalue weighted by molar-refractivity contribution is 0.120. The van der Waals surface area contributed by atoms with E-state index < -0.39 is 18.2 Å². The van der Waals surface area contributed by atoms with Crippen LogP contribution in [0.4, 0.5) is 4.79 Å². The highest BCUT2D eigenvalue weighted by atomic mass is 16.5. The summed E-state index contributed by atoms with van der Waals surface area (Å²) in [6.45, 7) is 1.55. The van der Waals surface area contributed by atoms with Gasteiger partial charge in [-0.2, -0.15) is 5.26 Å². The number of hydrogen-bond acceptors (Lipinski definition) is 4. The number of nitrogens with zero attached hydrogens (tertiary/aromatic N) is 1. The molecular formula is C12H14N2O3. The summed E-state index contributed by atoms with van der Waals surface area (Å²) in [6.07, 6.45) is -1.66. The Hall–Kier alpha value is -2.06. The number of alkyl carbamates (subject to hydrolysis) is 1. The molecule has 2 N–H and O–H groups in total. The number of aliphatic hydroxyl groups excluding tert-OH is 1. The third-order valence-electron chi connectivity index (χ3n) is 2.11. The van der Waals surface area contributed by atoms with Gasteiger partial charge in [-0.3, -0.25) is 0 Å². The molecule has 0 heterocycles. The first kappa shape index (κ1) is 13.0. The van der Waals surface area contributed by atoms with E-state index in [0.717, 1.165) is 5.56 Å². The number of benzene rings is 1. The monoisotopic (exact) mass is 234 g/mol. The zero-order valence-corrected chi connectivity index (χ0v) is 9.46. The van der Waals surface area contributed by atoms with Crippen molar-refractivity contribution in [1.82, 2.24) is 5.32 Å². The van der Waals surface area contributed by atoms with Crippen LogP contribution in [0.25, 0.3) is 0 Å². The molecular weight excluding hydrogens is 220 g/mol. The number of nitriles is 1. The van der Waals surface area contributed by atoms with E-state index in [0.29, 0.717) is 0 Å². The molecule has 0 spiro atoms. The summed E-state index contributed by atoms with van der Waals surface area (Å²) in [6, 6.07) is 9.99. The van der Waals surface area contributed by atoms with Crippen molar-refractivity contribution >= 4 is 6.09 Å². The van der Waals surface area contributed by atoms with Gasteiger partial charge in [0, 0.05) is 0 Å². The van der Waals surface area contributed by atoms with Crippen molar-refractivity contribution in [2.75, 3.05) is 0 Å². The average molecular weight is 234 g/mol. The fraction of sp³-hybridized carbons (Fsp3) is 0.333. The van der Waals surface area contributed by atoms with Gasteiger partial charge < -0.3 is 15.2 Å². The van der Waals surface area contributed by atoms with Gasteiger partial charge in [-0.1, -0.05) is 30.3 Å². The highest BCUT2D eigenvalue weighted by molar-refractivity contribution is 5.68. The molecule has 0 saturated carbocycles. The molecule has 1 rings (SSSR count). The van der Waals surface area contributed by atoms with Crippen LogP contribution in [0.3, 0.4) is 0 Å². The maximum Gasteiger partial charge on any atom is 0.408 e. The molecule has 0 saturated heterocycles. The lowest BCUT2D eigenvalue weighted by Gasteiger charge is -2.13. The van der Waals surface area contributed by atoms with E-state index in [1.807, 2.05) is 30.3 Å². The lowest BCUT2D eigenvalue weighted by atomic mass is 10.2. The van der Waals surface area contributed by atoms with Crippen LogP contribution in [0.5, 0.6) is 0 Å². The molecule has 17 heavy (non-hydrogen) atoms. The number of amides is 1. The van der Waals surface area contributed by atoms with Crippen molar-refractivity contribution in [1.29, 1.82) is 5.26 Å². The Morgan fingerprint density at radius 2 is 2.18 bits per heavy atom. The minimum atomic E-state index is -0.960. The number of aliphatic hydroxyl groups is 1. The summed E-state index contributed by atoms with van der Waals surface area (Å²) in [5.41, 5.74) is 0.855. The van der Waals surface area contributed by atoms with Gasteiger partial charge in [-0.25, -0.2) is 4.79 Å². The predicted molar refractivity (Wildman–Crippen MR) is 60.8 cm³/mol. The number of nitrogens with one attached hydrogen (secondary N) is 1. The Morgan fingerprint density at radius 3 is 2.71 bits per heavy atom. The van der Waals surface area contributed by atoms with Crippen LogP contribution in [0.2, 0.25) is 0 Å². The summed E-state index contributed by atoms with van der Waals surface area (Å²) in [4.78, 5) is 11.3. The first-order chi connectivity index (χ1) is 8.13. The molecule has 2 atom stereocenters. The Kier molecular flexibility index (Phi) is 4.98. The number of ether oxygens (including phenoxy) is 1. The lowest BCUT2D eigenvalue weighted by Crippen LogP contribution is -2.41. The molecule has 0 aliphatic rings. The smallest absolute Gasteiger partial charge is 0.408 e. The first-order valence-electron chi connectivity index (χ1n) is 5.18. The quantitative estimate of drug-likeness (QED) is 0.819. The van der Waals surface area contributed by atoms with Gasteiger partial charge in [0.1, 0.15) is 12.6 Å². The van der Waals surface area contributed by atoms with Gasteiger partial charge in [-0.05, 0) is 12.5 Å². The SMILES string of the molecule is CC(O)C(C#N)NC(=O)OCc1ccccc1. The zero-order valence-electron chi connectivity index (χ0n) is 9.46. The van der Waals surface area contributed by atoms with E-state index in [1.54, 1.807) is 6.07 Å². The molecule has 5 heteroatoms. The van der Waals surface area contributed by atoms with Crippen LogP contribution in [0.15, 0.2) is 30.3 Å². The van der Waals surface area contributed by atoms with Crippen LogP contribution in [0, 0.1) is 11.3 Å². The second-order valence-electron chi connectivity index (χ2n) is 3.55. The third kappa shape index (κ3) is 4.53. The molecule has 1 aromatic carbocycles. The molecule has 0 fully saturated rings. The maximum atomic E-state index is 11.3. The predicted octanol–water partition coefficient (Wildman–Crippen LogP) is 1.19. The van der Waals surface area contributed by atoms with E-state index >= 15 is 0 Å². The van der Waals surface area contributed by atoms with E-state index in [-0.39, 0.29) is 6.61 Å². The first-order valence-corrected chi connectivity index (χ1v) is 5.18. The van der Waals surface area contributed by atoms with Crippen molar-refractivity contribution in [2.45, 2.75) is 25.7 Å². The minimum absolute atomic E-state index is 0.130. The van der Waals surface area contributed by atoms with E-state index in [2.05, 4.69) is 5.32 Å². The number of carbonyl (C=O) groups excluding carboxylic acids is 1. The zero-order chi connectivity index (χ0) is 12.7. The van der Waals surface area contributed by atoms with E-state index in [1.165, 1.54) is 6.92 Å². The fourth-order valence-electron chi connectivity index (χ4n) is 1.15. The van der Waals surface area contributed by atoms with Crippen molar-refractivity contribution in [3.05, 3.63) is 35.9 Å². The molecule has 0 bridgehead atoms. The standard InChI is InChI=1S/C12H14N2O3/c1-9(15)11(7-13)14-12(16)17-8-10-5-3-2-4-6-10/h2-6,9,11,15H,8H2,1H3,(H,14,16). The molecule has 0 aromatic heterocycles. The van der Waals surface area contributed by atoms with Gasteiger partial charge >= 0.3 is 6.09 Å². The van der Waals surface area contributed by atoms with E-state index in [9.17, 15) is 4.79 Å². The van der Waals surface area contributed by atoms with Gasteiger partial charge in [0.15, 0.2) is 0 Å². The molecule has 0 aliphatic heterocycles. The summed E-state index contributed by atoms with van der Waals surface area (Å²) in [5.74, 6) is 0. The van der Waals surface area contributed by atoms with Crippen LogP contribution in [-0.4, -0.2) is 23.3 Å². The Balaban J connectivity index is 2.38. The van der Waals surface area contributed by atoms with Crippen molar-refractivity contribution < 1.29 is 14.6 Å². The molecule has 5 nitrogen and oxygen atoms in total. The van der Waals surface area contributed by atoms with Crippen LogP contribution in [-0.2, 0) is 11.3 Å². The molecule has 1 aromatic rings. The second-order valence-corrected chi connectivity index (χ2v) is 3.55. The summed E-state index contributed by atoms with van der Waals surface area (Å²) >= 11 is 0. The second kappa shape index (κ2) is 6.51. The van der Waals surface area contributed by atoms with Crippen molar-refractivity contribution in [3.8, 4) is 6.07 Å². The number of rotatable bonds is 4. The summed E-state index contributed by atoms with van der Waals surface area (Å²) < 4.78 is 4.90. The van der Waals surface area contributed by atoms with Gasteiger partial charge in [-0.15, -0.1) is 0 Å². The average Bonchev–Trinajstić information content (AvgIpc) is 2.34. The minimum Gasteiger partial charge on any atom is -0.445 e. The van der Waals surface area contributed by atoms with Crippen LogP contribution in [0.1, 0.15) is 12.5 Å². The molecule has 0 aliphatic carbocycles. The van der Waals surface area contributed by atoms with E-state index in [4.69, 9.17) is 15.1 Å². The van der Waals surface area contributed by atoms with Crippen LogP contribution >= 0.6 is 0 Å². The largest absolute Gasteiger partial charge is 0.445 e. The number of carbonyl (C=O) groups is 1. The Bertz CT molecular complexity index is 398. The Labute approximate surface area is 99.6 Å². The highest BCUT2D eigenvalue weighted by Crippen LogP contribution is 2.01. The Morgan fingerprint density at radius 1 is 1.53 bits per heavy atom. The highest BCUT2D eigenvalue weighted by Gasteiger charge is 2.17. The summed E-state index contributed by atoms with van der Waals surface area (Å²) in [5, 5.41) is 20.1. The molecule has 2 unspecified atom stereocenters. The molecule has 90 valence electrons. The third-order valence-corrected chi connectivity index (χ3v) is 2.11. The van der Waals surface area contributed by atoms with Crippen molar-refractivity contribution in [2.24, 2.45) is 0 Å². The van der Waals surface area contributed by atoms with Gasteiger partial charge in [0.2, 0.25) is 0 Å². The van der Waals surface area contributed by atoms with Gasteiger partial charge in [0.25, 0.3) is 0 Å². The number of hydrogen-bond donors (Lipinski definition) is 2. The molecule has 0 radical (unpaired) electrons. The topological polar surface area (TPSA) is 82.4 Å². The maximum absolute atomic E-state index is 11.3. The van der Waals surface area contributed by atoms with Crippen molar-refractivity contribution in [3.63, 3.8) is 0 Å².